The Labute approximate surface area is 175 Å². The minimum Gasteiger partial charge on any atom is -0.339 e. The van der Waals surface area contributed by atoms with Gasteiger partial charge in [0.25, 0.3) is 0 Å². The average molecular weight is 407 g/mol. The van der Waals surface area contributed by atoms with Gasteiger partial charge < -0.3 is 4.90 Å². The molecule has 1 saturated carbocycles. The number of pyridine rings is 1. The van der Waals surface area contributed by atoms with Crippen molar-refractivity contribution < 1.29 is 4.79 Å². The zero-order chi connectivity index (χ0) is 19.6. The lowest BCUT2D eigenvalue weighted by atomic mass is 10.0. The van der Waals surface area contributed by atoms with Gasteiger partial charge in [-0.25, -0.2) is 4.98 Å². The number of nitrogens with zero attached hydrogens (tertiary/aromatic N) is 4. The number of rotatable bonds is 8. The van der Waals surface area contributed by atoms with Crippen molar-refractivity contribution >= 4 is 27.5 Å². The molecule has 1 aliphatic heterocycles. The number of fused-ring (bicyclic) bond motifs is 1. The van der Waals surface area contributed by atoms with Crippen LogP contribution < -0.4 is 0 Å². The van der Waals surface area contributed by atoms with Crippen molar-refractivity contribution in [1.29, 1.82) is 0 Å². The summed E-state index contributed by atoms with van der Waals surface area (Å²) in [5, 5.41) is 1.06. The van der Waals surface area contributed by atoms with E-state index in [2.05, 4.69) is 33.1 Å². The Kier molecular flexibility index (Phi) is 5.29. The zero-order valence-electron chi connectivity index (χ0n) is 16.5. The van der Waals surface area contributed by atoms with Crippen molar-refractivity contribution in [3.05, 3.63) is 59.4 Å². The van der Waals surface area contributed by atoms with Gasteiger partial charge in [0, 0.05) is 57.5 Å². The smallest absolute Gasteiger partial charge is 0.223 e. The molecule has 0 spiro atoms. The summed E-state index contributed by atoms with van der Waals surface area (Å²) in [6.45, 7) is 3.82. The largest absolute Gasteiger partial charge is 0.339 e. The second kappa shape index (κ2) is 8.20. The van der Waals surface area contributed by atoms with Gasteiger partial charge in [-0.2, -0.15) is 0 Å². The van der Waals surface area contributed by atoms with E-state index >= 15 is 0 Å². The second-order valence-electron chi connectivity index (χ2n) is 8.26. The molecule has 2 aliphatic rings. The average Bonchev–Trinajstić information content (AvgIpc) is 3.41. The molecule has 3 aromatic rings. The molecule has 1 aromatic carbocycles. The molecular weight excluding hydrogens is 380 g/mol. The van der Waals surface area contributed by atoms with Gasteiger partial charge in [-0.05, 0) is 48.6 Å². The lowest BCUT2D eigenvalue weighted by Crippen LogP contribution is -2.61. The number of carbonyl (C=O) groups is 1. The number of amides is 1. The van der Waals surface area contributed by atoms with Crippen LogP contribution in [-0.4, -0.2) is 51.4 Å². The molecule has 2 fully saturated rings. The lowest BCUT2D eigenvalue weighted by molar-refractivity contribution is -0.138. The Morgan fingerprint density at radius 1 is 1.14 bits per heavy atom. The number of hydrogen-bond acceptors (Lipinski definition) is 5. The second-order valence-corrected chi connectivity index (χ2v) is 9.37. The van der Waals surface area contributed by atoms with Crippen molar-refractivity contribution in [1.82, 2.24) is 19.8 Å². The highest BCUT2D eigenvalue weighted by Gasteiger charge is 2.37. The van der Waals surface area contributed by atoms with Gasteiger partial charge in [0.15, 0.2) is 0 Å². The monoisotopic (exact) mass is 406 g/mol. The molecule has 0 bridgehead atoms. The maximum atomic E-state index is 12.7. The number of aryl methyl sites for hydroxylation is 1. The van der Waals surface area contributed by atoms with Crippen LogP contribution >= 0.6 is 11.3 Å². The van der Waals surface area contributed by atoms with Gasteiger partial charge in [-0.3, -0.25) is 14.7 Å². The summed E-state index contributed by atoms with van der Waals surface area (Å²) in [5.74, 6) is 1.11. The van der Waals surface area contributed by atoms with E-state index in [1.807, 2.05) is 35.5 Å². The van der Waals surface area contributed by atoms with Crippen LogP contribution in [0.2, 0.25) is 0 Å². The van der Waals surface area contributed by atoms with Crippen molar-refractivity contribution in [3.63, 3.8) is 0 Å². The standard InChI is InChI=1S/C23H26N4OS/c28-23(8-7-22-25-20-3-1-2-4-21(20)29-22)27-15-19(16-27)26(13-17-5-6-17)14-18-9-11-24-12-10-18/h1-4,9-12,17,19H,5-8,13-16H2. The zero-order valence-corrected chi connectivity index (χ0v) is 17.4. The van der Waals surface area contributed by atoms with E-state index in [1.54, 1.807) is 11.3 Å². The quantitative estimate of drug-likeness (QED) is 0.572. The highest BCUT2D eigenvalue weighted by molar-refractivity contribution is 7.18. The molecule has 6 heteroatoms. The molecule has 0 atom stereocenters. The highest BCUT2D eigenvalue weighted by Crippen LogP contribution is 2.32. The number of aromatic nitrogens is 2. The van der Waals surface area contributed by atoms with E-state index in [9.17, 15) is 4.79 Å². The molecule has 0 radical (unpaired) electrons. The minimum atomic E-state index is 0.260. The predicted octanol–water partition coefficient (Wildman–Crippen LogP) is 3.75. The van der Waals surface area contributed by atoms with Gasteiger partial charge in [-0.1, -0.05) is 12.1 Å². The number of likely N-dealkylation sites (tertiary alicyclic amines) is 1. The van der Waals surface area contributed by atoms with Crippen LogP contribution in [0.15, 0.2) is 48.8 Å². The molecule has 1 aliphatic carbocycles. The van der Waals surface area contributed by atoms with Gasteiger partial charge in [0.2, 0.25) is 5.91 Å². The third-order valence-electron chi connectivity index (χ3n) is 5.95. The van der Waals surface area contributed by atoms with Gasteiger partial charge in [-0.15, -0.1) is 11.3 Å². The fraction of sp³-hybridized carbons (Fsp3) is 0.435. The van der Waals surface area contributed by atoms with Crippen molar-refractivity contribution in [2.75, 3.05) is 19.6 Å². The molecule has 1 saturated heterocycles. The summed E-state index contributed by atoms with van der Waals surface area (Å²) in [4.78, 5) is 26.0. The predicted molar refractivity (Wildman–Crippen MR) is 116 cm³/mol. The van der Waals surface area contributed by atoms with Crippen LogP contribution in [0.4, 0.5) is 0 Å². The number of benzene rings is 1. The Morgan fingerprint density at radius 3 is 2.69 bits per heavy atom. The molecular formula is C23H26N4OS. The fourth-order valence-corrected chi connectivity index (χ4v) is 4.95. The van der Waals surface area contributed by atoms with E-state index in [-0.39, 0.29) is 5.91 Å². The highest BCUT2D eigenvalue weighted by atomic mass is 32.1. The Morgan fingerprint density at radius 2 is 1.93 bits per heavy atom. The first kappa shape index (κ1) is 18.7. The Hall–Kier alpha value is -2.31. The molecule has 29 heavy (non-hydrogen) atoms. The molecule has 5 nitrogen and oxygen atoms in total. The maximum Gasteiger partial charge on any atom is 0.223 e. The van der Waals surface area contributed by atoms with Gasteiger partial charge in [0.1, 0.15) is 0 Å². The topological polar surface area (TPSA) is 49.3 Å². The molecule has 3 heterocycles. The van der Waals surface area contributed by atoms with Gasteiger partial charge >= 0.3 is 0 Å². The number of para-hydroxylation sites is 1. The molecule has 5 rings (SSSR count). The minimum absolute atomic E-state index is 0.260. The van der Waals surface area contributed by atoms with E-state index in [4.69, 9.17) is 0 Å². The summed E-state index contributed by atoms with van der Waals surface area (Å²) in [5.41, 5.74) is 2.34. The summed E-state index contributed by atoms with van der Waals surface area (Å²) in [6, 6.07) is 12.9. The molecule has 150 valence electrons. The lowest BCUT2D eigenvalue weighted by Gasteiger charge is -2.45. The van der Waals surface area contributed by atoms with Crippen LogP contribution in [0.3, 0.4) is 0 Å². The normalized spacial score (nSPS) is 17.1. The number of thiazole rings is 1. The summed E-state index contributed by atoms with van der Waals surface area (Å²) in [7, 11) is 0. The molecule has 0 N–H and O–H groups in total. The SMILES string of the molecule is O=C(CCc1nc2ccccc2s1)N1CC(N(Cc2ccncc2)CC2CC2)C1. The molecule has 1 amide bonds. The third kappa shape index (κ3) is 4.49. The van der Waals surface area contributed by atoms with E-state index in [0.29, 0.717) is 12.5 Å². The van der Waals surface area contributed by atoms with E-state index < -0.39 is 0 Å². The van der Waals surface area contributed by atoms with E-state index in [1.165, 1.54) is 23.1 Å². The Bertz CT molecular complexity index is 946. The van der Waals surface area contributed by atoms with Crippen LogP contribution in [0, 0.1) is 5.92 Å². The van der Waals surface area contributed by atoms with Gasteiger partial charge in [0.05, 0.1) is 15.2 Å². The fourth-order valence-electron chi connectivity index (χ4n) is 3.99. The summed E-state index contributed by atoms with van der Waals surface area (Å²) < 4.78 is 1.20. The van der Waals surface area contributed by atoms with E-state index in [0.717, 1.165) is 49.0 Å². The first-order chi connectivity index (χ1) is 14.2. The van der Waals surface area contributed by atoms with Crippen molar-refractivity contribution in [3.8, 4) is 0 Å². The molecule has 2 aromatic heterocycles. The Balaban J connectivity index is 1.13. The van der Waals surface area contributed by atoms with Crippen LogP contribution in [0.5, 0.6) is 0 Å². The maximum absolute atomic E-state index is 12.7. The molecule has 0 unspecified atom stereocenters. The first-order valence-electron chi connectivity index (χ1n) is 10.5. The van der Waals surface area contributed by atoms with Crippen molar-refractivity contribution in [2.45, 2.75) is 38.3 Å². The third-order valence-corrected chi connectivity index (χ3v) is 7.04. The number of hydrogen-bond donors (Lipinski definition) is 0. The summed E-state index contributed by atoms with van der Waals surface area (Å²) in [6.07, 6.45) is 7.73. The van der Waals surface area contributed by atoms with Crippen LogP contribution in [0.25, 0.3) is 10.2 Å². The summed E-state index contributed by atoms with van der Waals surface area (Å²) >= 11 is 1.70. The van der Waals surface area contributed by atoms with Crippen LogP contribution in [-0.2, 0) is 17.8 Å². The first-order valence-corrected chi connectivity index (χ1v) is 11.3. The van der Waals surface area contributed by atoms with Crippen molar-refractivity contribution in [2.24, 2.45) is 5.92 Å². The number of carbonyl (C=O) groups excluding carboxylic acids is 1. The van der Waals surface area contributed by atoms with Crippen LogP contribution in [0.1, 0.15) is 29.8 Å².